The third kappa shape index (κ3) is 4.16. The van der Waals surface area contributed by atoms with Gasteiger partial charge in [-0.3, -0.25) is 0 Å². The summed E-state index contributed by atoms with van der Waals surface area (Å²) in [5.74, 6) is -3.88. The number of hydrogen-bond acceptors (Lipinski definition) is 5. The monoisotopic (exact) mass is 373 g/mol. The van der Waals surface area contributed by atoms with Crippen LogP contribution in [-0.4, -0.2) is 15.2 Å². The van der Waals surface area contributed by atoms with Gasteiger partial charge in [0.15, 0.2) is 23.3 Å². The van der Waals surface area contributed by atoms with E-state index in [1.807, 2.05) is 24.3 Å². The lowest BCUT2D eigenvalue weighted by molar-refractivity contribution is 0.449. The molecule has 3 rings (SSSR count). The molecule has 0 saturated heterocycles. The van der Waals surface area contributed by atoms with Crippen LogP contribution in [0.2, 0.25) is 0 Å². The van der Waals surface area contributed by atoms with Gasteiger partial charge < -0.3 is 10.6 Å². The summed E-state index contributed by atoms with van der Waals surface area (Å²) in [6.45, 7) is 6.26. The molecule has 5 nitrogen and oxygen atoms in total. The van der Waals surface area contributed by atoms with Crippen LogP contribution < -0.4 is 10.6 Å². The van der Waals surface area contributed by atoms with Crippen LogP contribution in [0.5, 0.6) is 0 Å². The first-order valence-electron chi connectivity index (χ1n) is 8.22. The van der Waals surface area contributed by atoms with Gasteiger partial charge in [-0.15, -0.1) is 5.10 Å². The number of hydrogen-bond donors (Lipinski definition) is 2. The average Bonchev–Trinajstić information content (AvgIpc) is 2.62. The van der Waals surface area contributed by atoms with E-state index in [1.165, 1.54) is 6.20 Å². The molecule has 0 atom stereocenters. The van der Waals surface area contributed by atoms with E-state index in [0.29, 0.717) is 5.82 Å². The van der Waals surface area contributed by atoms with Gasteiger partial charge in [0, 0.05) is 5.69 Å². The molecule has 0 fully saturated rings. The van der Waals surface area contributed by atoms with Crippen LogP contribution in [0.15, 0.2) is 42.6 Å². The molecule has 2 aromatic carbocycles. The van der Waals surface area contributed by atoms with Gasteiger partial charge in [0.25, 0.3) is 0 Å². The largest absolute Gasteiger partial charge is 0.339 e. The van der Waals surface area contributed by atoms with Gasteiger partial charge >= 0.3 is 0 Å². The molecule has 1 heterocycles. The smallest absolute Gasteiger partial charge is 0.249 e. The van der Waals surface area contributed by atoms with Crippen LogP contribution in [-0.2, 0) is 5.41 Å². The predicted octanol–water partition coefficient (Wildman–Crippen LogP) is 5.07. The summed E-state index contributed by atoms with van der Waals surface area (Å²) in [6.07, 6.45) is 1.41. The summed E-state index contributed by atoms with van der Waals surface area (Å²) in [5.41, 5.74) is 1.53. The highest BCUT2D eigenvalue weighted by Gasteiger charge is 2.18. The lowest BCUT2D eigenvalue weighted by Gasteiger charge is -2.23. The van der Waals surface area contributed by atoms with Crippen LogP contribution in [0.1, 0.15) is 26.3 Å². The summed E-state index contributed by atoms with van der Waals surface area (Å²) in [7, 11) is 0. The number of nitrogens with one attached hydrogen (secondary N) is 2. The molecule has 0 aliphatic heterocycles. The number of aromatic nitrogens is 3. The van der Waals surface area contributed by atoms with Crippen molar-refractivity contribution in [1.29, 1.82) is 0 Å². The van der Waals surface area contributed by atoms with Crippen molar-refractivity contribution in [3.63, 3.8) is 0 Å². The Kier molecular flexibility index (Phi) is 4.98. The van der Waals surface area contributed by atoms with Crippen molar-refractivity contribution in [2.45, 2.75) is 26.2 Å². The molecule has 27 heavy (non-hydrogen) atoms. The zero-order valence-corrected chi connectivity index (χ0v) is 15.0. The van der Waals surface area contributed by atoms with Crippen LogP contribution in [0.4, 0.5) is 36.3 Å². The Hall–Kier alpha value is -3.16. The van der Waals surface area contributed by atoms with Crippen molar-refractivity contribution in [3.05, 3.63) is 65.6 Å². The molecule has 0 unspecified atom stereocenters. The SMILES string of the molecule is CC(C)(C)c1ccccc1Nc1cnnc(Nc2ccc(F)c(F)c2F)n1. The van der Waals surface area contributed by atoms with E-state index in [2.05, 4.69) is 46.6 Å². The Morgan fingerprint density at radius 1 is 0.852 bits per heavy atom. The van der Waals surface area contributed by atoms with Gasteiger partial charge in [-0.05, 0) is 29.2 Å². The maximum atomic E-state index is 13.8. The number of para-hydroxylation sites is 1. The van der Waals surface area contributed by atoms with Gasteiger partial charge in [-0.1, -0.05) is 39.0 Å². The third-order valence-corrected chi connectivity index (χ3v) is 3.84. The van der Waals surface area contributed by atoms with E-state index in [4.69, 9.17) is 0 Å². The minimum absolute atomic E-state index is 0.0573. The normalized spacial score (nSPS) is 11.3. The molecule has 140 valence electrons. The zero-order chi connectivity index (χ0) is 19.6. The standard InChI is InChI=1S/C19H18F3N5/c1-19(2,3)11-6-4-5-7-13(11)24-15-10-23-27-18(26-15)25-14-9-8-12(20)16(21)17(14)22/h4-10H,1-3H3,(H2,24,25,26,27). The van der Waals surface area contributed by atoms with Crippen molar-refractivity contribution in [3.8, 4) is 0 Å². The van der Waals surface area contributed by atoms with E-state index in [0.717, 1.165) is 23.4 Å². The van der Waals surface area contributed by atoms with Crippen LogP contribution in [0, 0.1) is 17.5 Å². The molecular weight excluding hydrogens is 355 g/mol. The highest BCUT2D eigenvalue weighted by atomic mass is 19.2. The number of anilines is 4. The van der Waals surface area contributed by atoms with Crippen molar-refractivity contribution in [1.82, 2.24) is 15.2 Å². The Balaban J connectivity index is 1.87. The van der Waals surface area contributed by atoms with Crippen molar-refractivity contribution >= 4 is 23.1 Å². The van der Waals surface area contributed by atoms with Gasteiger partial charge in [0.1, 0.15) is 0 Å². The Morgan fingerprint density at radius 2 is 1.59 bits per heavy atom. The summed E-state index contributed by atoms with van der Waals surface area (Å²) < 4.78 is 40.2. The quantitative estimate of drug-likeness (QED) is 0.625. The minimum atomic E-state index is -1.57. The minimum Gasteiger partial charge on any atom is -0.339 e. The molecule has 1 aromatic heterocycles. The summed E-state index contributed by atoms with van der Waals surface area (Å²) in [6, 6.07) is 9.63. The number of rotatable bonds is 4. The lowest BCUT2D eigenvalue weighted by atomic mass is 9.86. The maximum absolute atomic E-state index is 13.8. The van der Waals surface area contributed by atoms with E-state index >= 15 is 0 Å². The predicted molar refractivity (Wildman–Crippen MR) is 97.9 cm³/mol. The number of nitrogens with zero attached hydrogens (tertiary/aromatic N) is 3. The van der Waals surface area contributed by atoms with Gasteiger partial charge in [0.2, 0.25) is 5.95 Å². The van der Waals surface area contributed by atoms with Crippen LogP contribution >= 0.6 is 0 Å². The maximum Gasteiger partial charge on any atom is 0.249 e. The summed E-state index contributed by atoms with van der Waals surface area (Å²) in [5, 5.41) is 13.2. The molecule has 0 radical (unpaired) electrons. The molecule has 2 N–H and O–H groups in total. The van der Waals surface area contributed by atoms with E-state index < -0.39 is 17.5 Å². The molecule has 0 amide bonds. The first kappa shape index (κ1) is 18.6. The van der Waals surface area contributed by atoms with Crippen molar-refractivity contribution in [2.24, 2.45) is 0 Å². The van der Waals surface area contributed by atoms with E-state index in [9.17, 15) is 13.2 Å². The fourth-order valence-corrected chi connectivity index (χ4v) is 2.54. The number of benzene rings is 2. The molecule has 0 spiro atoms. The van der Waals surface area contributed by atoms with E-state index in [-0.39, 0.29) is 17.1 Å². The highest BCUT2D eigenvalue weighted by molar-refractivity contribution is 5.63. The molecule has 0 saturated carbocycles. The molecule has 0 aliphatic rings. The van der Waals surface area contributed by atoms with Crippen LogP contribution in [0.3, 0.4) is 0 Å². The van der Waals surface area contributed by atoms with Gasteiger partial charge in [-0.2, -0.15) is 10.1 Å². The summed E-state index contributed by atoms with van der Waals surface area (Å²) >= 11 is 0. The van der Waals surface area contributed by atoms with Gasteiger partial charge in [0.05, 0.1) is 11.9 Å². The zero-order valence-electron chi connectivity index (χ0n) is 15.0. The fraction of sp³-hybridized carbons (Fsp3) is 0.211. The molecular formula is C19H18F3N5. The Labute approximate surface area is 154 Å². The third-order valence-electron chi connectivity index (χ3n) is 3.84. The molecule has 0 aliphatic carbocycles. The molecule has 3 aromatic rings. The molecule has 8 heteroatoms. The first-order chi connectivity index (χ1) is 12.8. The van der Waals surface area contributed by atoms with Gasteiger partial charge in [-0.25, -0.2) is 13.2 Å². The topological polar surface area (TPSA) is 62.7 Å². The van der Waals surface area contributed by atoms with Crippen LogP contribution in [0.25, 0.3) is 0 Å². The lowest BCUT2D eigenvalue weighted by Crippen LogP contribution is -2.14. The van der Waals surface area contributed by atoms with E-state index in [1.54, 1.807) is 0 Å². The summed E-state index contributed by atoms with van der Waals surface area (Å²) in [4.78, 5) is 4.20. The highest BCUT2D eigenvalue weighted by Crippen LogP contribution is 2.31. The second-order valence-corrected chi connectivity index (χ2v) is 6.93. The second-order valence-electron chi connectivity index (χ2n) is 6.93. The molecule has 0 bridgehead atoms. The van der Waals surface area contributed by atoms with Crippen molar-refractivity contribution < 1.29 is 13.2 Å². The fourth-order valence-electron chi connectivity index (χ4n) is 2.54. The second kappa shape index (κ2) is 7.22. The number of halogens is 3. The Bertz CT molecular complexity index is 970. The first-order valence-corrected chi connectivity index (χ1v) is 8.22. The van der Waals surface area contributed by atoms with Crippen molar-refractivity contribution in [2.75, 3.05) is 10.6 Å². The average molecular weight is 373 g/mol. The Morgan fingerprint density at radius 3 is 2.33 bits per heavy atom.